The van der Waals surface area contributed by atoms with Gasteiger partial charge in [0.05, 0.1) is 10.6 Å². The zero-order valence-electron chi connectivity index (χ0n) is 18.4. The first-order valence-electron chi connectivity index (χ1n) is 10.8. The summed E-state index contributed by atoms with van der Waals surface area (Å²) in [5, 5.41) is -0.378. The van der Waals surface area contributed by atoms with Crippen LogP contribution in [0.3, 0.4) is 0 Å². The van der Waals surface area contributed by atoms with Gasteiger partial charge in [0, 0.05) is 37.4 Å². The number of aryl methyl sites for hydroxylation is 1. The number of aromatic nitrogens is 2. The minimum absolute atomic E-state index is 0.0155. The summed E-state index contributed by atoms with van der Waals surface area (Å²) in [5.41, 5.74) is -0.244. The second kappa shape index (κ2) is 9.68. The molecule has 0 unspecified atom stereocenters. The van der Waals surface area contributed by atoms with Crippen molar-refractivity contribution in [2.45, 2.75) is 38.5 Å². The maximum Gasteiger partial charge on any atom is 0.417 e. The smallest absolute Gasteiger partial charge is 0.417 e. The van der Waals surface area contributed by atoms with Crippen LogP contribution in [0.25, 0.3) is 0 Å². The van der Waals surface area contributed by atoms with Crippen LogP contribution in [-0.4, -0.2) is 27.5 Å². The first-order chi connectivity index (χ1) is 16.1. The molecule has 0 bridgehead atoms. The van der Waals surface area contributed by atoms with Crippen molar-refractivity contribution < 1.29 is 17.9 Å². The van der Waals surface area contributed by atoms with Gasteiger partial charge < -0.3 is 4.74 Å². The second-order valence-electron chi connectivity index (χ2n) is 8.37. The Hall–Kier alpha value is -3.04. The summed E-state index contributed by atoms with van der Waals surface area (Å²) in [6.07, 6.45) is -1.44. The Morgan fingerprint density at radius 1 is 1.09 bits per heavy atom. The highest BCUT2D eigenvalue weighted by Gasteiger charge is 2.33. The van der Waals surface area contributed by atoms with E-state index in [-0.39, 0.29) is 22.4 Å². The van der Waals surface area contributed by atoms with Crippen molar-refractivity contribution in [2.24, 2.45) is 0 Å². The average Bonchev–Trinajstić information content (AvgIpc) is 2.78. The summed E-state index contributed by atoms with van der Waals surface area (Å²) >= 11 is 5.67. The van der Waals surface area contributed by atoms with Crippen molar-refractivity contribution in [3.63, 3.8) is 0 Å². The molecule has 34 heavy (non-hydrogen) atoms. The Morgan fingerprint density at radius 2 is 1.79 bits per heavy atom. The molecule has 2 aromatic carbocycles. The summed E-state index contributed by atoms with van der Waals surface area (Å²) in [6, 6.07) is 10.7. The molecule has 180 valence electrons. The van der Waals surface area contributed by atoms with Gasteiger partial charge in [0.15, 0.2) is 0 Å². The largest absolute Gasteiger partial charge is 0.457 e. The van der Waals surface area contributed by atoms with Gasteiger partial charge in [0.2, 0.25) is 0 Å². The van der Waals surface area contributed by atoms with Gasteiger partial charge in [-0.15, -0.1) is 0 Å². The topological polar surface area (TPSA) is 67.3 Å². The Morgan fingerprint density at radius 3 is 2.50 bits per heavy atom. The molecule has 0 amide bonds. The number of rotatable bonds is 5. The van der Waals surface area contributed by atoms with Crippen molar-refractivity contribution in [2.75, 3.05) is 13.1 Å². The van der Waals surface area contributed by atoms with E-state index >= 15 is 0 Å². The summed E-state index contributed by atoms with van der Waals surface area (Å²) < 4.78 is 46.6. The maximum atomic E-state index is 13.1. The predicted octanol–water partition coefficient (Wildman–Crippen LogP) is 5.15. The fraction of sp³-hybridized carbons (Fsp3) is 0.333. The van der Waals surface area contributed by atoms with E-state index in [1.807, 2.05) is 6.07 Å². The number of hydrogen-bond donors (Lipinski definition) is 1. The third kappa shape index (κ3) is 5.53. The van der Waals surface area contributed by atoms with Crippen molar-refractivity contribution in [1.82, 2.24) is 14.5 Å². The van der Waals surface area contributed by atoms with Crippen molar-refractivity contribution in [1.29, 1.82) is 0 Å². The first kappa shape index (κ1) is 24.1. The fourth-order valence-electron chi connectivity index (χ4n) is 4.10. The summed E-state index contributed by atoms with van der Waals surface area (Å²) in [6.45, 7) is 3.82. The van der Waals surface area contributed by atoms with Gasteiger partial charge in [-0.1, -0.05) is 23.7 Å². The zero-order valence-corrected chi connectivity index (χ0v) is 19.1. The van der Waals surface area contributed by atoms with Crippen LogP contribution in [0.5, 0.6) is 11.5 Å². The average molecular weight is 494 g/mol. The summed E-state index contributed by atoms with van der Waals surface area (Å²) in [7, 11) is 0. The van der Waals surface area contributed by atoms with Crippen LogP contribution >= 0.6 is 11.6 Å². The number of H-pyrrole nitrogens is 1. The van der Waals surface area contributed by atoms with E-state index in [4.69, 9.17) is 16.3 Å². The third-order valence-electron chi connectivity index (χ3n) is 5.88. The lowest BCUT2D eigenvalue weighted by Crippen LogP contribution is -2.39. The number of likely N-dealkylation sites (tertiary alicyclic amines) is 1. The minimum Gasteiger partial charge on any atom is -0.457 e. The van der Waals surface area contributed by atoms with Gasteiger partial charge in [0.25, 0.3) is 5.56 Å². The first-order valence-corrected chi connectivity index (χ1v) is 11.2. The van der Waals surface area contributed by atoms with Crippen molar-refractivity contribution >= 4 is 11.6 Å². The van der Waals surface area contributed by atoms with E-state index in [0.717, 1.165) is 37.6 Å². The van der Waals surface area contributed by atoms with Crippen LogP contribution in [0, 0.1) is 6.92 Å². The third-order valence-corrected chi connectivity index (χ3v) is 6.21. The molecule has 0 saturated carbocycles. The number of ether oxygens (including phenoxy) is 1. The number of nitrogens with zero attached hydrogens (tertiary/aromatic N) is 2. The SMILES string of the molecule is Cc1cn(C2CCN(Cc3cccc(Oc4ccc(Cl)c(C(F)(F)F)c4)c3)CC2)c(=O)[nH]c1=O. The van der Waals surface area contributed by atoms with Crippen molar-refractivity contribution in [3.8, 4) is 11.5 Å². The van der Waals surface area contributed by atoms with Crippen LogP contribution in [0.15, 0.2) is 58.3 Å². The molecule has 0 spiro atoms. The minimum atomic E-state index is -4.57. The number of hydrogen-bond acceptors (Lipinski definition) is 4. The molecule has 10 heteroatoms. The van der Waals surface area contributed by atoms with Crippen molar-refractivity contribution in [3.05, 3.63) is 91.2 Å². The maximum absolute atomic E-state index is 13.1. The van der Waals surface area contributed by atoms with E-state index < -0.39 is 17.4 Å². The zero-order chi connectivity index (χ0) is 24.5. The Labute approximate surface area is 198 Å². The summed E-state index contributed by atoms with van der Waals surface area (Å²) in [5.74, 6) is 0.481. The molecular weight excluding hydrogens is 471 g/mol. The van der Waals surface area contributed by atoms with E-state index in [2.05, 4.69) is 9.88 Å². The summed E-state index contributed by atoms with van der Waals surface area (Å²) in [4.78, 5) is 28.4. The van der Waals surface area contributed by atoms with E-state index in [1.165, 1.54) is 12.1 Å². The Balaban J connectivity index is 1.40. The molecule has 4 rings (SSSR count). The van der Waals surface area contributed by atoms with Crippen LogP contribution in [0.2, 0.25) is 5.02 Å². The second-order valence-corrected chi connectivity index (χ2v) is 8.78. The lowest BCUT2D eigenvalue weighted by Gasteiger charge is -2.32. The lowest BCUT2D eigenvalue weighted by atomic mass is 10.0. The van der Waals surface area contributed by atoms with E-state index in [0.29, 0.717) is 17.9 Å². The highest BCUT2D eigenvalue weighted by Crippen LogP contribution is 2.37. The fourth-order valence-corrected chi connectivity index (χ4v) is 4.32. The predicted molar refractivity (Wildman–Crippen MR) is 123 cm³/mol. The Kier molecular flexibility index (Phi) is 6.86. The monoisotopic (exact) mass is 493 g/mol. The molecule has 0 radical (unpaired) electrons. The number of aromatic amines is 1. The molecule has 1 aliphatic heterocycles. The molecule has 1 saturated heterocycles. The van der Waals surface area contributed by atoms with E-state index in [1.54, 1.807) is 35.9 Å². The molecule has 1 aliphatic rings. The van der Waals surface area contributed by atoms with Crippen LogP contribution in [-0.2, 0) is 12.7 Å². The van der Waals surface area contributed by atoms with Crippen LogP contribution < -0.4 is 16.0 Å². The molecule has 0 atom stereocenters. The molecule has 1 N–H and O–H groups in total. The quantitative estimate of drug-likeness (QED) is 0.534. The number of piperidine rings is 1. The standard InChI is InChI=1S/C24H23ClF3N3O3/c1-15-13-31(23(33)29-22(15)32)17-7-9-30(10-8-17)14-16-3-2-4-18(11-16)34-19-5-6-21(25)20(12-19)24(26,27)28/h2-6,11-13,17H,7-10,14H2,1H3,(H,29,32,33). The van der Waals surface area contributed by atoms with Gasteiger partial charge in [0.1, 0.15) is 11.5 Å². The molecule has 0 aliphatic carbocycles. The highest BCUT2D eigenvalue weighted by molar-refractivity contribution is 6.31. The van der Waals surface area contributed by atoms with E-state index in [9.17, 15) is 22.8 Å². The molecular formula is C24H23ClF3N3O3. The van der Waals surface area contributed by atoms with Gasteiger partial charge in [-0.25, -0.2) is 4.79 Å². The van der Waals surface area contributed by atoms with Gasteiger partial charge in [-0.3, -0.25) is 19.2 Å². The van der Waals surface area contributed by atoms with Crippen LogP contribution in [0.4, 0.5) is 13.2 Å². The van der Waals surface area contributed by atoms with Crippen LogP contribution in [0.1, 0.15) is 35.6 Å². The molecule has 1 fully saturated rings. The number of benzene rings is 2. The highest BCUT2D eigenvalue weighted by atomic mass is 35.5. The van der Waals surface area contributed by atoms with Gasteiger partial charge in [-0.05, 0) is 55.7 Å². The molecule has 2 heterocycles. The number of nitrogens with one attached hydrogen (secondary N) is 1. The number of halogens is 4. The lowest BCUT2D eigenvalue weighted by molar-refractivity contribution is -0.137. The number of alkyl halides is 3. The Bertz CT molecular complexity index is 1290. The normalized spacial score (nSPS) is 15.4. The molecule has 3 aromatic rings. The molecule has 1 aromatic heterocycles. The molecule has 6 nitrogen and oxygen atoms in total. The van der Waals surface area contributed by atoms with Gasteiger partial charge >= 0.3 is 11.9 Å². The van der Waals surface area contributed by atoms with Gasteiger partial charge in [-0.2, -0.15) is 13.2 Å².